The van der Waals surface area contributed by atoms with Crippen molar-refractivity contribution in [2.45, 2.75) is 20.8 Å². The summed E-state index contributed by atoms with van der Waals surface area (Å²) in [5.41, 5.74) is 4.30. The molecule has 0 aromatic heterocycles. The number of hydrogen-bond donors (Lipinski definition) is 2. The summed E-state index contributed by atoms with van der Waals surface area (Å²) in [7, 11) is 0. The van der Waals surface area contributed by atoms with Crippen LogP contribution in [-0.4, -0.2) is 18.2 Å². The van der Waals surface area contributed by atoms with Crippen molar-refractivity contribution in [2.24, 2.45) is 0 Å². The van der Waals surface area contributed by atoms with E-state index in [2.05, 4.69) is 10.6 Å². The number of hydrogen-bond acceptors (Lipinski definition) is 3. The maximum absolute atomic E-state index is 12.1. The average Bonchev–Trinajstić information content (AvgIpc) is 2.49. The molecule has 114 valence electrons. The Morgan fingerprint density at radius 2 is 1.64 bits per heavy atom. The fourth-order valence-corrected chi connectivity index (χ4v) is 2.23. The highest BCUT2D eigenvalue weighted by Crippen LogP contribution is 2.19. The van der Waals surface area contributed by atoms with Crippen LogP contribution in [0.2, 0.25) is 0 Å². The number of rotatable bonds is 5. The summed E-state index contributed by atoms with van der Waals surface area (Å²) >= 11 is 0. The first-order valence-corrected chi connectivity index (χ1v) is 7.18. The van der Waals surface area contributed by atoms with E-state index in [1.807, 2.05) is 38.1 Å². The highest BCUT2D eigenvalue weighted by molar-refractivity contribution is 5.96. The number of aryl methyl sites for hydroxylation is 2. The molecule has 0 heterocycles. The van der Waals surface area contributed by atoms with E-state index in [9.17, 15) is 9.59 Å². The maximum atomic E-state index is 12.1. The molecule has 1 amide bonds. The molecule has 2 aromatic rings. The van der Waals surface area contributed by atoms with Crippen molar-refractivity contribution >= 4 is 23.1 Å². The summed E-state index contributed by atoms with van der Waals surface area (Å²) in [6.45, 7) is 5.60. The van der Waals surface area contributed by atoms with Gasteiger partial charge in [0.2, 0.25) is 5.91 Å². The van der Waals surface area contributed by atoms with Crippen LogP contribution >= 0.6 is 0 Å². The molecule has 0 saturated carbocycles. The molecule has 0 unspecified atom stereocenters. The normalized spacial score (nSPS) is 10.1. The van der Waals surface area contributed by atoms with E-state index in [4.69, 9.17) is 0 Å². The molecule has 0 fully saturated rings. The summed E-state index contributed by atoms with van der Waals surface area (Å²) in [4.78, 5) is 23.4. The Bertz CT molecular complexity index is 688. The third-order valence-corrected chi connectivity index (χ3v) is 3.47. The second-order valence-corrected chi connectivity index (χ2v) is 5.31. The van der Waals surface area contributed by atoms with Gasteiger partial charge in [-0.05, 0) is 44.0 Å². The second-order valence-electron chi connectivity index (χ2n) is 5.31. The van der Waals surface area contributed by atoms with Crippen molar-refractivity contribution in [1.82, 2.24) is 0 Å². The molecule has 0 aliphatic heterocycles. The van der Waals surface area contributed by atoms with Crippen LogP contribution in [0, 0.1) is 13.8 Å². The van der Waals surface area contributed by atoms with E-state index in [1.165, 1.54) is 6.92 Å². The van der Waals surface area contributed by atoms with Crippen LogP contribution < -0.4 is 10.6 Å². The smallest absolute Gasteiger partial charge is 0.243 e. The van der Waals surface area contributed by atoms with E-state index >= 15 is 0 Å². The van der Waals surface area contributed by atoms with Crippen molar-refractivity contribution in [3.63, 3.8) is 0 Å². The van der Waals surface area contributed by atoms with Gasteiger partial charge in [0.25, 0.3) is 0 Å². The Morgan fingerprint density at radius 3 is 2.27 bits per heavy atom. The predicted octanol–water partition coefficient (Wildman–Crippen LogP) is 3.56. The first-order chi connectivity index (χ1) is 10.5. The number of carbonyl (C=O) groups is 2. The zero-order valence-corrected chi connectivity index (χ0v) is 13.1. The summed E-state index contributed by atoms with van der Waals surface area (Å²) in [5, 5.41) is 5.95. The molecule has 22 heavy (non-hydrogen) atoms. The molecule has 0 atom stereocenters. The minimum atomic E-state index is -0.120. The molecule has 2 rings (SSSR count). The Morgan fingerprint density at radius 1 is 1.00 bits per heavy atom. The number of nitrogens with one attached hydrogen (secondary N) is 2. The fourth-order valence-electron chi connectivity index (χ4n) is 2.23. The summed E-state index contributed by atoms with van der Waals surface area (Å²) in [6, 6.07) is 13.0. The van der Waals surface area contributed by atoms with Crippen LogP contribution in [0.25, 0.3) is 0 Å². The molecule has 2 aromatic carbocycles. The van der Waals surface area contributed by atoms with Crippen LogP contribution in [0.3, 0.4) is 0 Å². The zero-order chi connectivity index (χ0) is 16.1. The van der Waals surface area contributed by atoms with Crippen molar-refractivity contribution < 1.29 is 9.59 Å². The maximum Gasteiger partial charge on any atom is 0.243 e. The van der Waals surface area contributed by atoms with Gasteiger partial charge in [-0.3, -0.25) is 9.59 Å². The lowest BCUT2D eigenvalue weighted by atomic mass is 10.1. The lowest BCUT2D eigenvalue weighted by molar-refractivity contribution is -0.114. The molecule has 0 aliphatic carbocycles. The van der Waals surface area contributed by atoms with Gasteiger partial charge in [0.15, 0.2) is 5.78 Å². The Kier molecular flexibility index (Phi) is 4.94. The zero-order valence-electron chi connectivity index (χ0n) is 13.1. The van der Waals surface area contributed by atoms with Crippen molar-refractivity contribution in [1.29, 1.82) is 0 Å². The van der Waals surface area contributed by atoms with Crippen LogP contribution in [0.1, 0.15) is 28.4 Å². The van der Waals surface area contributed by atoms with Crippen molar-refractivity contribution in [3.05, 3.63) is 59.2 Å². The van der Waals surface area contributed by atoms with Gasteiger partial charge in [0.05, 0.1) is 6.54 Å². The fraction of sp³-hybridized carbons (Fsp3) is 0.222. The number of benzene rings is 2. The van der Waals surface area contributed by atoms with Gasteiger partial charge in [-0.25, -0.2) is 0 Å². The van der Waals surface area contributed by atoms with E-state index < -0.39 is 0 Å². The highest BCUT2D eigenvalue weighted by atomic mass is 16.2. The average molecular weight is 296 g/mol. The van der Waals surface area contributed by atoms with Crippen molar-refractivity contribution in [3.8, 4) is 0 Å². The number of para-hydroxylation sites is 1. The first kappa shape index (κ1) is 15.8. The van der Waals surface area contributed by atoms with Crippen LogP contribution in [0.5, 0.6) is 0 Å². The van der Waals surface area contributed by atoms with Gasteiger partial charge in [-0.2, -0.15) is 0 Å². The van der Waals surface area contributed by atoms with Crippen molar-refractivity contribution in [2.75, 3.05) is 17.2 Å². The molecule has 4 heteroatoms. The van der Waals surface area contributed by atoms with Gasteiger partial charge in [0.1, 0.15) is 0 Å². The lowest BCUT2D eigenvalue weighted by Gasteiger charge is -2.12. The van der Waals surface area contributed by atoms with Gasteiger partial charge >= 0.3 is 0 Å². The topological polar surface area (TPSA) is 58.2 Å². The van der Waals surface area contributed by atoms with Crippen LogP contribution in [0.4, 0.5) is 11.4 Å². The van der Waals surface area contributed by atoms with E-state index in [0.29, 0.717) is 5.56 Å². The Labute approximate surface area is 130 Å². The third kappa shape index (κ3) is 3.95. The molecule has 0 aliphatic rings. The number of carbonyl (C=O) groups excluding carboxylic acids is 2. The van der Waals surface area contributed by atoms with Gasteiger partial charge in [-0.1, -0.05) is 30.3 Å². The monoisotopic (exact) mass is 296 g/mol. The summed E-state index contributed by atoms with van der Waals surface area (Å²) < 4.78 is 0. The number of ketones is 1. The molecule has 0 spiro atoms. The largest absolute Gasteiger partial charge is 0.376 e. The number of Topliss-reactive ketones (excluding diaryl/α,β-unsaturated/α-hetero) is 1. The number of anilines is 2. The number of amides is 1. The molecule has 0 bridgehead atoms. The quantitative estimate of drug-likeness (QED) is 0.829. The lowest BCUT2D eigenvalue weighted by Crippen LogP contribution is -2.22. The van der Waals surface area contributed by atoms with E-state index in [-0.39, 0.29) is 18.2 Å². The van der Waals surface area contributed by atoms with Crippen LogP contribution in [0.15, 0.2) is 42.5 Å². The second kappa shape index (κ2) is 6.89. The molecular weight excluding hydrogens is 276 g/mol. The molecule has 0 saturated heterocycles. The minimum Gasteiger partial charge on any atom is -0.376 e. The Balaban J connectivity index is 1.99. The molecule has 0 radical (unpaired) electrons. The summed E-state index contributed by atoms with van der Waals surface area (Å²) in [6.07, 6.45) is 0. The molecule has 2 N–H and O–H groups in total. The van der Waals surface area contributed by atoms with Crippen LogP contribution in [-0.2, 0) is 4.79 Å². The predicted molar refractivity (Wildman–Crippen MR) is 89.5 cm³/mol. The molecule has 4 nitrogen and oxygen atoms in total. The summed E-state index contributed by atoms with van der Waals surface area (Å²) in [5.74, 6) is -0.116. The standard InChI is InChI=1S/C18H20N2O2/c1-12-6-4-7-13(2)18(12)20-17(22)11-19-16-9-5-8-15(10-16)14(3)21/h4-10,19H,11H2,1-3H3,(H,20,22). The minimum absolute atomic E-state index is 0.00337. The highest BCUT2D eigenvalue weighted by Gasteiger charge is 2.07. The van der Waals surface area contributed by atoms with Gasteiger partial charge in [-0.15, -0.1) is 0 Å². The van der Waals surface area contributed by atoms with Gasteiger partial charge < -0.3 is 10.6 Å². The Hall–Kier alpha value is -2.62. The van der Waals surface area contributed by atoms with Gasteiger partial charge in [0, 0.05) is 16.9 Å². The first-order valence-electron chi connectivity index (χ1n) is 7.18. The van der Waals surface area contributed by atoms with E-state index in [1.54, 1.807) is 18.2 Å². The van der Waals surface area contributed by atoms with E-state index in [0.717, 1.165) is 22.5 Å². The molecular formula is C18H20N2O2. The SMILES string of the molecule is CC(=O)c1cccc(NCC(=O)Nc2c(C)cccc2C)c1. The third-order valence-electron chi connectivity index (χ3n) is 3.47.